The number of carbonyl (C=O) groups excluding carboxylic acids is 1. The van der Waals surface area contributed by atoms with E-state index in [1.165, 1.54) is 24.3 Å². The van der Waals surface area contributed by atoms with Gasteiger partial charge in [0, 0.05) is 17.5 Å². The van der Waals surface area contributed by atoms with Crippen molar-refractivity contribution in [3.05, 3.63) is 70.3 Å². The van der Waals surface area contributed by atoms with E-state index in [9.17, 15) is 9.18 Å². The molecule has 1 amide bonds. The predicted octanol–water partition coefficient (Wildman–Crippen LogP) is 3.95. The monoisotopic (exact) mass is 356 g/mol. The number of nitrogens with zero attached hydrogens (tertiary/aromatic N) is 1. The van der Waals surface area contributed by atoms with E-state index in [1.54, 1.807) is 11.3 Å². The van der Waals surface area contributed by atoms with Crippen LogP contribution in [-0.2, 0) is 11.3 Å². The number of thiazole rings is 1. The second-order valence-electron chi connectivity index (χ2n) is 5.47. The maximum absolute atomic E-state index is 12.8. The summed E-state index contributed by atoms with van der Waals surface area (Å²) in [5.41, 5.74) is 3.01. The third-order valence-corrected chi connectivity index (χ3v) is 4.32. The minimum Gasteiger partial charge on any atom is -0.484 e. The number of hydrogen-bond donors (Lipinski definition) is 1. The van der Waals surface area contributed by atoms with E-state index in [1.807, 2.05) is 36.6 Å². The van der Waals surface area contributed by atoms with Gasteiger partial charge in [0.2, 0.25) is 0 Å². The number of amides is 1. The van der Waals surface area contributed by atoms with Gasteiger partial charge in [-0.2, -0.15) is 0 Å². The third kappa shape index (κ3) is 4.87. The maximum Gasteiger partial charge on any atom is 0.258 e. The molecule has 25 heavy (non-hydrogen) atoms. The van der Waals surface area contributed by atoms with Crippen LogP contribution in [0.1, 0.15) is 10.6 Å². The smallest absolute Gasteiger partial charge is 0.258 e. The van der Waals surface area contributed by atoms with Gasteiger partial charge in [-0.3, -0.25) is 4.79 Å². The lowest BCUT2D eigenvalue weighted by Crippen LogP contribution is -2.28. The van der Waals surface area contributed by atoms with Crippen molar-refractivity contribution in [2.45, 2.75) is 13.5 Å². The molecule has 0 atom stereocenters. The van der Waals surface area contributed by atoms with Gasteiger partial charge in [0.15, 0.2) is 6.61 Å². The van der Waals surface area contributed by atoms with Crippen LogP contribution in [0.25, 0.3) is 11.3 Å². The number of ether oxygens (including phenoxy) is 1. The van der Waals surface area contributed by atoms with Crippen molar-refractivity contribution in [1.29, 1.82) is 0 Å². The second kappa shape index (κ2) is 7.90. The van der Waals surface area contributed by atoms with Crippen molar-refractivity contribution in [3.63, 3.8) is 0 Å². The summed E-state index contributed by atoms with van der Waals surface area (Å²) < 4.78 is 18.1. The Morgan fingerprint density at radius 1 is 1.16 bits per heavy atom. The highest BCUT2D eigenvalue weighted by Gasteiger charge is 2.05. The summed E-state index contributed by atoms with van der Waals surface area (Å²) >= 11 is 1.62. The molecule has 0 unspecified atom stereocenters. The van der Waals surface area contributed by atoms with Gasteiger partial charge < -0.3 is 10.1 Å². The molecule has 1 N–H and O–H groups in total. The van der Waals surface area contributed by atoms with E-state index in [-0.39, 0.29) is 18.3 Å². The molecule has 1 heterocycles. The standard InChI is InChI=1S/C19H17FN2O2S/c1-13-22-18(12-25-13)15-4-2-14(3-5-15)10-21-19(23)11-24-17-8-6-16(20)7-9-17/h2-9,12H,10-11H2,1H3,(H,21,23). The molecule has 0 bridgehead atoms. The Balaban J connectivity index is 1.47. The van der Waals surface area contributed by atoms with E-state index in [0.29, 0.717) is 12.3 Å². The fraction of sp³-hybridized carbons (Fsp3) is 0.158. The number of carbonyl (C=O) groups is 1. The summed E-state index contributed by atoms with van der Waals surface area (Å²) in [6.07, 6.45) is 0. The Kier molecular flexibility index (Phi) is 5.40. The van der Waals surface area contributed by atoms with Gasteiger partial charge in [0.1, 0.15) is 11.6 Å². The molecular weight excluding hydrogens is 339 g/mol. The Hall–Kier alpha value is -2.73. The molecule has 0 saturated heterocycles. The van der Waals surface area contributed by atoms with Crippen molar-refractivity contribution in [2.75, 3.05) is 6.61 Å². The molecule has 0 radical (unpaired) electrons. The lowest BCUT2D eigenvalue weighted by molar-refractivity contribution is -0.123. The molecule has 4 nitrogen and oxygen atoms in total. The lowest BCUT2D eigenvalue weighted by Gasteiger charge is -2.08. The molecule has 0 aliphatic rings. The molecule has 6 heteroatoms. The largest absolute Gasteiger partial charge is 0.484 e. The second-order valence-corrected chi connectivity index (χ2v) is 6.53. The van der Waals surface area contributed by atoms with Crippen LogP contribution in [0.4, 0.5) is 4.39 Å². The minimum atomic E-state index is -0.340. The fourth-order valence-electron chi connectivity index (χ4n) is 2.22. The van der Waals surface area contributed by atoms with E-state index in [4.69, 9.17) is 4.74 Å². The Bertz CT molecular complexity index is 845. The molecule has 0 saturated carbocycles. The molecule has 1 aromatic heterocycles. The van der Waals surface area contributed by atoms with Gasteiger partial charge >= 0.3 is 0 Å². The van der Waals surface area contributed by atoms with Crippen LogP contribution in [0, 0.1) is 12.7 Å². The average molecular weight is 356 g/mol. The van der Waals surface area contributed by atoms with Gasteiger partial charge in [-0.1, -0.05) is 24.3 Å². The van der Waals surface area contributed by atoms with Crippen LogP contribution in [-0.4, -0.2) is 17.5 Å². The molecule has 0 aliphatic heterocycles. The summed E-state index contributed by atoms with van der Waals surface area (Å²) in [7, 11) is 0. The topological polar surface area (TPSA) is 51.2 Å². The summed E-state index contributed by atoms with van der Waals surface area (Å²) in [5, 5.41) is 5.85. The molecule has 3 aromatic rings. The maximum atomic E-state index is 12.8. The minimum absolute atomic E-state index is 0.109. The van der Waals surface area contributed by atoms with Crippen LogP contribution in [0.3, 0.4) is 0 Å². The van der Waals surface area contributed by atoms with Gasteiger partial charge in [-0.15, -0.1) is 11.3 Å². The lowest BCUT2D eigenvalue weighted by atomic mass is 10.1. The van der Waals surface area contributed by atoms with Gasteiger partial charge in [0.25, 0.3) is 5.91 Å². The molecule has 3 rings (SSSR count). The molecule has 0 aliphatic carbocycles. The summed E-state index contributed by atoms with van der Waals surface area (Å²) in [6.45, 7) is 2.29. The highest BCUT2D eigenvalue weighted by Crippen LogP contribution is 2.21. The molecule has 0 fully saturated rings. The Morgan fingerprint density at radius 3 is 2.52 bits per heavy atom. The first-order valence-electron chi connectivity index (χ1n) is 7.77. The van der Waals surface area contributed by atoms with Crippen LogP contribution in [0.2, 0.25) is 0 Å². The van der Waals surface area contributed by atoms with E-state index in [2.05, 4.69) is 10.3 Å². The zero-order chi connectivity index (χ0) is 17.6. The third-order valence-electron chi connectivity index (χ3n) is 3.54. The molecule has 2 aromatic carbocycles. The van der Waals surface area contributed by atoms with Gasteiger partial charge in [-0.25, -0.2) is 9.37 Å². The number of benzene rings is 2. The van der Waals surface area contributed by atoms with Crippen molar-refractivity contribution < 1.29 is 13.9 Å². The summed E-state index contributed by atoms with van der Waals surface area (Å²) in [4.78, 5) is 16.3. The number of aryl methyl sites for hydroxylation is 1. The van der Waals surface area contributed by atoms with Crippen LogP contribution in [0.5, 0.6) is 5.75 Å². The first-order chi connectivity index (χ1) is 12.1. The van der Waals surface area contributed by atoms with Crippen molar-refractivity contribution in [3.8, 4) is 17.0 Å². The Morgan fingerprint density at radius 2 is 1.88 bits per heavy atom. The van der Waals surface area contributed by atoms with E-state index in [0.717, 1.165) is 21.8 Å². The number of nitrogens with one attached hydrogen (secondary N) is 1. The average Bonchev–Trinajstić information content (AvgIpc) is 3.06. The van der Waals surface area contributed by atoms with Crippen LogP contribution in [0.15, 0.2) is 53.9 Å². The number of halogens is 1. The molecule has 0 spiro atoms. The van der Waals surface area contributed by atoms with Crippen molar-refractivity contribution >= 4 is 17.2 Å². The fourth-order valence-corrected chi connectivity index (χ4v) is 2.84. The number of hydrogen-bond acceptors (Lipinski definition) is 4. The first-order valence-corrected chi connectivity index (χ1v) is 8.64. The van der Waals surface area contributed by atoms with Gasteiger partial charge in [0.05, 0.1) is 10.7 Å². The molecular formula is C19H17FN2O2S. The van der Waals surface area contributed by atoms with E-state index < -0.39 is 0 Å². The zero-order valence-electron chi connectivity index (χ0n) is 13.7. The Labute approximate surface area is 149 Å². The zero-order valence-corrected chi connectivity index (χ0v) is 14.5. The molecule has 128 valence electrons. The summed E-state index contributed by atoms with van der Waals surface area (Å²) in [6, 6.07) is 13.5. The summed E-state index contributed by atoms with van der Waals surface area (Å²) in [5.74, 6) is -0.115. The van der Waals surface area contributed by atoms with Crippen molar-refractivity contribution in [2.24, 2.45) is 0 Å². The van der Waals surface area contributed by atoms with Gasteiger partial charge in [-0.05, 0) is 36.8 Å². The van der Waals surface area contributed by atoms with Crippen LogP contribution >= 0.6 is 11.3 Å². The first kappa shape index (κ1) is 17.1. The van der Waals surface area contributed by atoms with E-state index >= 15 is 0 Å². The van der Waals surface area contributed by atoms with Crippen LogP contribution < -0.4 is 10.1 Å². The number of rotatable bonds is 6. The number of aromatic nitrogens is 1. The quantitative estimate of drug-likeness (QED) is 0.727. The van der Waals surface area contributed by atoms with Crippen molar-refractivity contribution in [1.82, 2.24) is 10.3 Å². The highest BCUT2D eigenvalue weighted by molar-refractivity contribution is 7.09. The normalized spacial score (nSPS) is 10.5. The highest BCUT2D eigenvalue weighted by atomic mass is 32.1. The predicted molar refractivity (Wildman–Crippen MR) is 96.0 cm³/mol. The SMILES string of the molecule is Cc1nc(-c2ccc(CNC(=O)COc3ccc(F)cc3)cc2)cs1.